The highest BCUT2D eigenvalue weighted by Crippen LogP contribution is 2.41. The van der Waals surface area contributed by atoms with Gasteiger partial charge in [-0.1, -0.05) is 24.3 Å². The molecule has 2 aliphatic rings. The summed E-state index contributed by atoms with van der Waals surface area (Å²) in [6.45, 7) is -0.448. The smallest absolute Gasteiger partial charge is 0.323 e. The van der Waals surface area contributed by atoms with Crippen molar-refractivity contribution in [2.24, 2.45) is 0 Å². The zero-order valence-electron chi connectivity index (χ0n) is 16.9. The minimum absolute atomic E-state index is 0.143. The molecule has 3 aromatic rings. The molecule has 1 aromatic carbocycles. The van der Waals surface area contributed by atoms with E-state index in [9.17, 15) is 23.2 Å². The number of H-pyrrole nitrogens is 1. The van der Waals surface area contributed by atoms with E-state index in [4.69, 9.17) is 0 Å². The summed E-state index contributed by atoms with van der Waals surface area (Å²) >= 11 is 0. The highest BCUT2D eigenvalue weighted by atomic mass is 19.3. The van der Waals surface area contributed by atoms with Gasteiger partial charge in [0.1, 0.15) is 5.54 Å². The highest BCUT2D eigenvalue weighted by molar-refractivity contribution is 6.11. The Morgan fingerprint density at radius 2 is 1.78 bits per heavy atom. The lowest BCUT2D eigenvalue weighted by Crippen LogP contribution is -2.51. The number of benzene rings is 1. The summed E-state index contributed by atoms with van der Waals surface area (Å²) < 4.78 is 27.0. The molecule has 0 unspecified atom stereocenters. The lowest BCUT2D eigenvalue weighted by Gasteiger charge is -2.34. The Balaban J connectivity index is 1.32. The predicted octanol–water partition coefficient (Wildman–Crippen LogP) is 3.31. The Bertz CT molecular complexity index is 1230. The van der Waals surface area contributed by atoms with Crippen LogP contribution in [-0.2, 0) is 4.79 Å². The fourth-order valence-corrected chi connectivity index (χ4v) is 4.34. The molecule has 2 N–H and O–H groups in total. The average molecular weight is 439 g/mol. The summed E-state index contributed by atoms with van der Waals surface area (Å²) in [4.78, 5) is 43.2. The van der Waals surface area contributed by atoms with E-state index in [-0.39, 0.29) is 12.8 Å². The van der Waals surface area contributed by atoms with Crippen LogP contribution < -0.4 is 5.32 Å². The Morgan fingerprint density at radius 3 is 2.50 bits per heavy atom. The van der Waals surface area contributed by atoms with Gasteiger partial charge in [0.15, 0.2) is 5.78 Å². The highest BCUT2D eigenvalue weighted by Gasteiger charge is 2.55. The number of carbonyl (C=O) groups is 3. The number of rotatable bonds is 4. The second kappa shape index (κ2) is 7.18. The van der Waals surface area contributed by atoms with Crippen LogP contribution in [0, 0.1) is 0 Å². The first-order chi connectivity index (χ1) is 15.3. The standard InChI is InChI=1S/C22H19F2N5O3/c23-22(24)8-6-21(7-9-22)19(31)29(20(32)27-21)12-16(30)13-1-3-14(4-2-13)17-18-15(5-10-25-17)11-26-28-18/h1-5,10-11H,6-9,12H2,(H,26,28)(H,27,32). The van der Waals surface area contributed by atoms with Crippen molar-refractivity contribution in [1.29, 1.82) is 0 Å². The number of halogens is 2. The minimum atomic E-state index is -2.84. The van der Waals surface area contributed by atoms with E-state index in [0.717, 1.165) is 21.4 Å². The van der Waals surface area contributed by atoms with Gasteiger partial charge in [-0.3, -0.25) is 24.6 Å². The van der Waals surface area contributed by atoms with Gasteiger partial charge in [0.2, 0.25) is 5.92 Å². The SMILES string of the molecule is O=C(CN1C(=O)NC2(CCC(F)(F)CC2)C1=O)c1ccc(-c2nccc3cn[nH]c23)cc1. The number of urea groups is 1. The van der Waals surface area contributed by atoms with Crippen LogP contribution in [0.1, 0.15) is 36.0 Å². The number of nitrogens with zero attached hydrogens (tertiary/aromatic N) is 3. The van der Waals surface area contributed by atoms with E-state index in [1.54, 1.807) is 36.7 Å². The van der Waals surface area contributed by atoms with Gasteiger partial charge in [-0.05, 0) is 18.9 Å². The van der Waals surface area contributed by atoms with Crippen LogP contribution in [0.25, 0.3) is 22.2 Å². The summed E-state index contributed by atoms with van der Waals surface area (Å²) in [5.74, 6) is -3.87. The molecule has 1 saturated heterocycles. The monoisotopic (exact) mass is 439 g/mol. The molecule has 0 bridgehead atoms. The van der Waals surface area contributed by atoms with Crippen molar-refractivity contribution >= 4 is 28.6 Å². The Labute approximate surface area is 181 Å². The van der Waals surface area contributed by atoms with Gasteiger partial charge >= 0.3 is 6.03 Å². The maximum atomic E-state index is 13.5. The molecule has 1 aliphatic carbocycles. The molecule has 0 atom stereocenters. The third kappa shape index (κ3) is 3.31. The third-order valence-corrected chi connectivity index (χ3v) is 6.23. The molecule has 8 nitrogen and oxygen atoms in total. The summed E-state index contributed by atoms with van der Waals surface area (Å²) in [7, 11) is 0. The van der Waals surface area contributed by atoms with Gasteiger partial charge in [0, 0.05) is 35.6 Å². The summed E-state index contributed by atoms with van der Waals surface area (Å²) in [6, 6.07) is 7.77. The summed E-state index contributed by atoms with van der Waals surface area (Å²) in [5.41, 5.74) is 1.21. The minimum Gasteiger partial charge on any atom is -0.323 e. The zero-order chi connectivity index (χ0) is 22.5. The summed E-state index contributed by atoms with van der Waals surface area (Å²) in [6.07, 6.45) is 2.13. The first-order valence-corrected chi connectivity index (χ1v) is 10.2. The molecule has 2 fully saturated rings. The molecule has 5 rings (SSSR count). The fourth-order valence-electron chi connectivity index (χ4n) is 4.34. The molecule has 1 saturated carbocycles. The number of carbonyl (C=O) groups excluding carboxylic acids is 3. The largest absolute Gasteiger partial charge is 0.325 e. The van der Waals surface area contributed by atoms with Gasteiger partial charge < -0.3 is 5.32 Å². The molecule has 1 aliphatic heterocycles. The van der Waals surface area contributed by atoms with Crippen LogP contribution in [-0.4, -0.2) is 55.8 Å². The lowest BCUT2D eigenvalue weighted by atomic mass is 9.80. The number of aromatic nitrogens is 3. The van der Waals surface area contributed by atoms with Crippen LogP contribution in [0.5, 0.6) is 0 Å². The maximum Gasteiger partial charge on any atom is 0.325 e. The van der Waals surface area contributed by atoms with Gasteiger partial charge in [0.25, 0.3) is 5.91 Å². The number of hydrogen-bond acceptors (Lipinski definition) is 5. The average Bonchev–Trinajstić information content (AvgIpc) is 3.35. The van der Waals surface area contributed by atoms with E-state index in [2.05, 4.69) is 20.5 Å². The van der Waals surface area contributed by atoms with E-state index in [1.165, 1.54) is 0 Å². The molecule has 1 spiro atoms. The number of ketones is 1. The lowest BCUT2D eigenvalue weighted by molar-refractivity contribution is -0.135. The van der Waals surface area contributed by atoms with Crippen LogP contribution in [0.4, 0.5) is 13.6 Å². The van der Waals surface area contributed by atoms with Gasteiger partial charge in [-0.2, -0.15) is 5.10 Å². The van der Waals surface area contributed by atoms with E-state index in [1.807, 2.05) is 6.07 Å². The van der Waals surface area contributed by atoms with E-state index >= 15 is 0 Å². The third-order valence-electron chi connectivity index (χ3n) is 6.23. The normalized spacial score (nSPS) is 19.5. The van der Waals surface area contributed by atoms with Gasteiger partial charge in [0.05, 0.1) is 24.0 Å². The van der Waals surface area contributed by atoms with E-state index in [0.29, 0.717) is 11.3 Å². The second-order valence-electron chi connectivity index (χ2n) is 8.25. The van der Waals surface area contributed by atoms with Crippen LogP contribution in [0.3, 0.4) is 0 Å². The van der Waals surface area contributed by atoms with Gasteiger partial charge in [-0.15, -0.1) is 0 Å². The predicted molar refractivity (Wildman–Crippen MR) is 110 cm³/mol. The molecular weight excluding hydrogens is 420 g/mol. The molecule has 3 amide bonds. The van der Waals surface area contributed by atoms with Crippen molar-refractivity contribution in [3.05, 3.63) is 48.3 Å². The number of amides is 3. The van der Waals surface area contributed by atoms with Crippen molar-refractivity contribution in [1.82, 2.24) is 25.4 Å². The van der Waals surface area contributed by atoms with Crippen molar-refractivity contribution < 1.29 is 23.2 Å². The number of pyridine rings is 1. The number of imide groups is 1. The first-order valence-electron chi connectivity index (χ1n) is 10.2. The Hall–Kier alpha value is -3.69. The number of fused-ring (bicyclic) bond motifs is 1. The number of Topliss-reactive ketones (excluding diaryl/α,β-unsaturated/α-hetero) is 1. The number of alkyl halides is 2. The van der Waals surface area contributed by atoms with Crippen molar-refractivity contribution in [2.75, 3.05) is 6.54 Å². The first kappa shape index (κ1) is 20.2. The molecule has 10 heteroatoms. The van der Waals surface area contributed by atoms with E-state index < -0.39 is 48.6 Å². The number of hydrogen-bond donors (Lipinski definition) is 2. The van der Waals surface area contributed by atoms with Crippen LogP contribution in [0.15, 0.2) is 42.7 Å². The van der Waals surface area contributed by atoms with Crippen LogP contribution >= 0.6 is 0 Å². The molecule has 164 valence electrons. The van der Waals surface area contributed by atoms with Crippen molar-refractivity contribution in [3.63, 3.8) is 0 Å². The number of nitrogens with one attached hydrogen (secondary N) is 2. The molecule has 2 aromatic heterocycles. The molecular formula is C22H19F2N5O3. The maximum absolute atomic E-state index is 13.5. The Kier molecular flexibility index (Phi) is 4.54. The molecule has 0 radical (unpaired) electrons. The topological polar surface area (TPSA) is 108 Å². The second-order valence-corrected chi connectivity index (χ2v) is 8.25. The zero-order valence-corrected chi connectivity index (χ0v) is 16.9. The quantitative estimate of drug-likeness (QED) is 0.479. The molecule has 32 heavy (non-hydrogen) atoms. The van der Waals surface area contributed by atoms with Crippen molar-refractivity contribution in [3.8, 4) is 11.3 Å². The van der Waals surface area contributed by atoms with Gasteiger partial charge in [-0.25, -0.2) is 13.6 Å². The fraction of sp³-hybridized carbons (Fsp3) is 0.318. The Morgan fingerprint density at radius 1 is 1.06 bits per heavy atom. The molecule has 3 heterocycles. The summed E-state index contributed by atoms with van der Waals surface area (Å²) in [5, 5.41) is 10.4. The van der Waals surface area contributed by atoms with Crippen molar-refractivity contribution in [2.45, 2.75) is 37.1 Å². The van der Waals surface area contributed by atoms with Crippen LogP contribution in [0.2, 0.25) is 0 Å². The number of aromatic amines is 1.